The molecule has 7 nitrogen and oxygen atoms in total. The van der Waals surface area contributed by atoms with E-state index in [-0.39, 0.29) is 0 Å². The van der Waals surface area contributed by atoms with Crippen LogP contribution in [0.3, 0.4) is 0 Å². The standard InChI is InChI=1S/C24H31N5O2/c1-25-24(26-13-6-16-31-19-20-9-11-23(30-2)12-10-20)27-17-21-7-3-4-8-22(21)18-29-15-5-14-28-29/h3-5,7-12,14-15H,6,13,16-19H2,1-2H3,(H2,25,26,27). The van der Waals surface area contributed by atoms with Crippen molar-refractivity contribution in [2.24, 2.45) is 4.99 Å². The minimum atomic E-state index is 0.601. The fourth-order valence-corrected chi connectivity index (χ4v) is 3.15. The molecule has 0 unspecified atom stereocenters. The van der Waals surface area contributed by atoms with Gasteiger partial charge in [0.1, 0.15) is 5.75 Å². The first-order chi connectivity index (χ1) is 15.3. The molecule has 0 aliphatic heterocycles. The van der Waals surface area contributed by atoms with Gasteiger partial charge in [-0.3, -0.25) is 9.67 Å². The van der Waals surface area contributed by atoms with E-state index < -0.39 is 0 Å². The second-order valence-corrected chi connectivity index (χ2v) is 7.08. The molecular weight excluding hydrogens is 390 g/mol. The number of benzene rings is 2. The minimum absolute atomic E-state index is 0.601. The topological polar surface area (TPSA) is 72.7 Å². The van der Waals surface area contributed by atoms with Crippen LogP contribution < -0.4 is 15.4 Å². The van der Waals surface area contributed by atoms with E-state index in [2.05, 4.69) is 45.0 Å². The highest BCUT2D eigenvalue weighted by atomic mass is 16.5. The zero-order chi connectivity index (χ0) is 21.7. The van der Waals surface area contributed by atoms with Crippen LogP contribution in [-0.2, 0) is 24.4 Å². The summed E-state index contributed by atoms with van der Waals surface area (Å²) in [5.74, 6) is 1.64. The van der Waals surface area contributed by atoms with Gasteiger partial charge in [-0.1, -0.05) is 36.4 Å². The molecule has 0 spiro atoms. The number of ether oxygens (including phenoxy) is 2. The maximum atomic E-state index is 5.75. The Kier molecular flexibility index (Phi) is 8.94. The molecule has 0 saturated carbocycles. The molecule has 164 valence electrons. The summed E-state index contributed by atoms with van der Waals surface area (Å²) < 4.78 is 12.9. The highest BCUT2D eigenvalue weighted by Gasteiger charge is 2.05. The van der Waals surface area contributed by atoms with Gasteiger partial charge in [-0.25, -0.2) is 0 Å². The lowest BCUT2D eigenvalue weighted by atomic mass is 10.1. The number of hydrogen-bond donors (Lipinski definition) is 2. The summed E-state index contributed by atoms with van der Waals surface area (Å²) >= 11 is 0. The number of nitrogens with zero attached hydrogens (tertiary/aromatic N) is 3. The Morgan fingerprint density at radius 2 is 1.84 bits per heavy atom. The van der Waals surface area contributed by atoms with Crippen LogP contribution in [0.1, 0.15) is 23.1 Å². The van der Waals surface area contributed by atoms with E-state index in [1.807, 2.05) is 41.2 Å². The van der Waals surface area contributed by atoms with Gasteiger partial charge in [0.25, 0.3) is 0 Å². The van der Waals surface area contributed by atoms with Crippen molar-refractivity contribution in [2.45, 2.75) is 26.1 Å². The average molecular weight is 422 g/mol. The molecule has 0 atom stereocenters. The quantitative estimate of drug-likeness (QED) is 0.283. The molecule has 1 aromatic heterocycles. The van der Waals surface area contributed by atoms with Crippen LogP contribution in [0.5, 0.6) is 5.75 Å². The van der Waals surface area contributed by atoms with Gasteiger partial charge in [0.15, 0.2) is 5.96 Å². The lowest BCUT2D eigenvalue weighted by molar-refractivity contribution is 0.119. The third-order valence-electron chi connectivity index (χ3n) is 4.87. The first-order valence-electron chi connectivity index (χ1n) is 10.5. The summed E-state index contributed by atoms with van der Waals surface area (Å²) in [5.41, 5.74) is 3.60. The van der Waals surface area contributed by atoms with Crippen LogP contribution in [-0.4, -0.2) is 43.0 Å². The van der Waals surface area contributed by atoms with Crippen LogP contribution in [0.15, 0.2) is 72.0 Å². The Hall–Kier alpha value is -3.32. The molecule has 3 rings (SSSR count). The number of methoxy groups -OCH3 is 1. The zero-order valence-corrected chi connectivity index (χ0v) is 18.3. The number of nitrogens with one attached hydrogen (secondary N) is 2. The van der Waals surface area contributed by atoms with Crippen molar-refractivity contribution in [3.63, 3.8) is 0 Å². The second-order valence-electron chi connectivity index (χ2n) is 7.08. The number of hydrogen-bond acceptors (Lipinski definition) is 4. The van der Waals surface area contributed by atoms with E-state index in [9.17, 15) is 0 Å². The predicted molar refractivity (Wildman–Crippen MR) is 123 cm³/mol. The van der Waals surface area contributed by atoms with Gasteiger partial charge in [-0.15, -0.1) is 0 Å². The third kappa shape index (κ3) is 7.46. The molecule has 7 heteroatoms. The first kappa shape index (κ1) is 22.4. The van der Waals surface area contributed by atoms with Crippen LogP contribution in [0.25, 0.3) is 0 Å². The van der Waals surface area contributed by atoms with Gasteiger partial charge >= 0.3 is 0 Å². The molecule has 0 amide bonds. The normalized spacial score (nSPS) is 11.4. The SMILES string of the molecule is CN=C(NCCCOCc1ccc(OC)cc1)NCc1ccccc1Cn1cccn1. The Labute approximate surface area is 184 Å². The number of aliphatic imine (C=N–C) groups is 1. The third-order valence-corrected chi connectivity index (χ3v) is 4.87. The van der Waals surface area contributed by atoms with E-state index in [0.717, 1.165) is 36.8 Å². The Bertz CT molecular complexity index is 923. The van der Waals surface area contributed by atoms with Crippen molar-refractivity contribution < 1.29 is 9.47 Å². The summed E-state index contributed by atoms with van der Waals surface area (Å²) in [4.78, 5) is 4.31. The van der Waals surface area contributed by atoms with Crippen LogP contribution >= 0.6 is 0 Å². The number of aromatic nitrogens is 2. The molecule has 0 fully saturated rings. The lowest BCUT2D eigenvalue weighted by Gasteiger charge is -2.14. The van der Waals surface area contributed by atoms with Gasteiger partial charge in [-0.05, 0) is 41.3 Å². The van der Waals surface area contributed by atoms with Crippen molar-refractivity contribution >= 4 is 5.96 Å². The Morgan fingerprint density at radius 3 is 2.55 bits per heavy atom. The van der Waals surface area contributed by atoms with E-state index in [4.69, 9.17) is 9.47 Å². The first-order valence-corrected chi connectivity index (χ1v) is 10.5. The van der Waals surface area contributed by atoms with E-state index in [1.54, 1.807) is 20.4 Å². The molecule has 0 bridgehead atoms. The molecule has 0 aliphatic rings. The predicted octanol–water partition coefficient (Wildman–Crippen LogP) is 3.21. The monoisotopic (exact) mass is 421 g/mol. The Morgan fingerprint density at radius 1 is 1.03 bits per heavy atom. The summed E-state index contributed by atoms with van der Waals surface area (Å²) in [6.07, 6.45) is 4.67. The summed E-state index contributed by atoms with van der Waals surface area (Å²) in [5, 5.41) is 11.0. The van der Waals surface area contributed by atoms with Crippen LogP contribution in [0, 0.1) is 0 Å². The largest absolute Gasteiger partial charge is 0.497 e. The maximum absolute atomic E-state index is 5.75. The highest BCUT2D eigenvalue weighted by Crippen LogP contribution is 2.12. The lowest BCUT2D eigenvalue weighted by Crippen LogP contribution is -2.37. The van der Waals surface area contributed by atoms with Crippen molar-refractivity contribution in [1.29, 1.82) is 0 Å². The molecule has 2 aromatic carbocycles. The van der Waals surface area contributed by atoms with Crippen molar-refractivity contribution in [3.8, 4) is 5.75 Å². The molecule has 0 radical (unpaired) electrons. The summed E-state index contributed by atoms with van der Waals surface area (Å²) in [6, 6.07) is 18.3. The minimum Gasteiger partial charge on any atom is -0.497 e. The smallest absolute Gasteiger partial charge is 0.191 e. The highest BCUT2D eigenvalue weighted by molar-refractivity contribution is 5.79. The fourth-order valence-electron chi connectivity index (χ4n) is 3.15. The molecule has 2 N–H and O–H groups in total. The molecule has 0 saturated heterocycles. The van der Waals surface area contributed by atoms with E-state index >= 15 is 0 Å². The molecular formula is C24H31N5O2. The van der Waals surface area contributed by atoms with Gasteiger partial charge in [0, 0.05) is 39.1 Å². The van der Waals surface area contributed by atoms with Crippen molar-refractivity contribution in [3.05, 3.63) is 83.7 Å². The molecule has 0 aliphatic carbocycles. The maximum Gasteiger partial charge on any atom is 0.191 e. The fraction of sp³-hybridized carbons (Fsp3) is 0.333. The van der Waals surface area contributed by atoms with Gasteiger partial charge in [-0.2, -0.15) is 5.10 Å². The van der Waals surface area contributed by atoms with Crippen LogP contribution in [0.2, 0.25) is 0 Å². The van der Waals surface area contributed by atoms with Crippen molar-refractivity contribution in [2.75, 3.05) is 27.3 Å². The van der Waals surface area contributed by atoms with Crippen LogP contribution in [0.4, 0.5) is 0 Å². The molecule has 3 aromatic rings. The van der Waals surface area contributed by atoms with Gasteiger partial charge in [0.2, 0.25) is 0 Å². The Balaban J connectivity index is 1.35. The average Bonchev–Trinajstić information content (AvgIpc) is 3.32. The summed E-state index contributed by atoms with van der Waals surface area (Å²) in [7, 11) is 3.45. The van der Waals surface area contributed by atoms with Crippen molar-refractivity contribution in [1.82, 2.24) is 20.4 Å². The molecule has 31 heavy (non-hydrogen) atoms. The van der Waals surface area contributed by atoms with E-state index in [1.165, 1.54) is 11.1 Å². The summed E-state index contributed by atoms with van der Waals surface area (Å²) in [6.45, 7) is 3.53. The number of rotatable bonds is 11. The molecule has 1 heterocycles. The van der Waals surface area contributed by atoms with E-state index in [0.29, 0.717) is 19.8 Å². The number of guanidine groups is 1. The zero-order valence-electron chi connectivity index (χ0n) is 18.3. The second kappa shape index (κ2) is 12.4. The van der Waals surface area contributed by atoms with Gasteiger partial charge < -0.3 is 20.1 Å². The van der Waals surface area contributed by atoms with Gasteiger partial charge in [0.05, 0.1) is 20.3 Å².